The fourth-order valence-electron chi connectivity index (χ4n) is 3.78. The number of amides is 1. The predicted octanol–water partition coefficient (Wildman–Crippen LogP) is 4.56. The van der Waals surface area contributed by atoms with E-state index in [-0.39, 0.29) is 34.0 Å². The van der Waals surface area contributed by atoms with Crippen LogP contribution >= 0.6 is 0 Å². The molecule has 5 aromatic rings. The zero-order valence-electron chi connectivity index (χ0n) is 19.2. The molecule has 2 heterocycles. The van der Waals surface area contributed by atoms with Crippen LogP contribution in [0, 0.1) is 0 Å². The molecular formula is C26H21N7O3. The quantitative estimate of drug-likeness (QED) is 0.305. The van der Waals surface area contributed by atoms with Crippen molar-refractivity contribution in [3.8, 4) is 22.8 Å². The number of rotatable bonds is 6. The number of phenolic OH excluding ortho intramolecular Hbond substituents is 1. The molecule has 0 saturated carbocycles. The molecule has 10 heteroatoms. The first-order valence-corrected chi connectivity index (χ1v) is 11.2. The summed E-state index contributed by atoms with van der Waals surface area (Å²) in [4.78, 5) is 36.3. The molecule has 0 aliphatic rings. The minimum absolute atomic E-state index is 0.00169. The highest BCUT2D eigenvalue weighted by atomic mass is 16.3. The summed E-state index contributed by atoms with van der Waals surface area (Å²) in [5.41, 5.74) is 8.17. The summed E-state index contributed by atoms with van der Waals surface area (Å²) >= 11 is 0. The van der Waals surface area contributed by atoms with Gasteiger partial charge in [0.25, 0.3) is 5.91 Å². The van der Waals surface area contributed by atoms with Crippen LogP contribution in [0.25, 0.3) is 28.2 Å². The molecule has 178 valence electrons. The number of hydrogen-bond donors (Lipinski definition) is 3. The van der Waals surface area contributed by atoms with E-state index in [0.717, 1.165) is 6.42 Å². The number of aromatic hydroxyl groups is 1. The Morgan fingerprint density at radius 1 is 1.00 bits per heavy atom. The number of hydrogen-bond acceptors (Lipinski definition) is 7. The second-order valence-corrected chi connectivity index (χ2v) is 7.98. The van der Waals surface area contributed by atoms with Gasteiger partial charge in [-0.1, -0.05) is 37.3 Å². The Labute approximate surface area is 204 Å². The molecule has 0 spiro atoms. The highest BCUT2D eigenvalue weighted by Crippen LogP contribution is 2.33. The number of fused-ring (bicyclic) bond motifs is 1. The lowest BCUT2D eigenvalue weighted by atomic mass is 10.1. The second kappa shape index (κ2) is 9.26. The van der Waals surface area contributed by atoms with Crippen molar-refractivity contribution in [1.29, 1.82) is 0 Å². The van der Waals surface area contributed by atoms with Crippen LogP contribution in [0.4, 0.5) is 11.4 Å². The van der Waals surface area contributed by atoms with E-state index in [0.29, 0.717) is 17.1 Å². The number of carbonyl (C=O) groups excluding carboxylic acids is 1. The number of nitrogens with two attached hydrogens (primary N) is 1. The van der Waals surface area contributed by atoms with Crippen molar-refractivity contribution in [2.45, 2.75) is 13.3 Å². The van der Waals surface area contributed by atoms with Gasteiger partial charge in [0.15, 0.2) is 17.2 Å². The molecule has 0 atom stereocenters. The van der Waals surface area contributed by atoms with E-state index in [4.69, 9.17) is 5.73 Å². The normalized spacial score (nSPS) is 11.4. The molecule has 0 bridgehead atoms. The van der Waals surface area contributed by atoms with Gasteiger partial charge in [0.1, 0.15) is 11.3 Å². The third-order valence-corrected chi connectivity index (χ3v) is 5.63. The summed E-state index contributed by atoms with van der Waals surface area (Å²) in [6, 6.07) is 21.1. The maximum absolute atomic E-state index is 12.8. The molecule has 4 N–H and O–H groups in total. The monoisotopic (exact) mass is 479 g/mol. The van der Waals surface area contributed by atoms with Crippen LogP contribution in [0.2, 0.25) is 0 Å². The van der Waals surface area contributed by atoms with Crippen LogP contribution in [-0.4, -0.2) is 30.5 Å². The summed E-state index contributed by atoms with van der Waals surface area (Å²) in [6.07, 6.45) is 0.926. The molecule has 0 saturated heterocycles. The molecule has 1 amide bonds. The van der Waals surface area contributed by atoms with Crippen molar-refractivity contribution < 1.29 is 9.90 Å². The molecule has 0 fully saturated rings. The Hall–Kier alpha value is -5.12. The van der Waals surface area contributed by atoms with Crippen molar-refractivity contribution in [2.24, 2.45) is 16.0 Å². The van der Waals surface area contributed by atoms with E-state index in [9.17, 15) is 14.7 Å². The predicted molar refractivity (Wildman–Crippen MR) is 135 cm³/mol. The molecule has 2 aromatic heterocycles. The average molecular weight is 480 g/mol. The van der Waals surface area contributed by atoms with Gasteiger partial charge >= 0.3 is 5.69 Å². The average Bonchev–Trinajstić information content (AvgIpc) is 3.23. The standard InChI is InChI=1S/C26H21N7O3/c1-2-15-8-10-16(11-9-15)31-32-17-12-13-20(34)19(14-17)24-28-21(23(27)35)22-25(30-24)33(26(36)29-22)18-6-4-3-5-7-18/h3-14,34H,2H2,1H3,(H2,27,35)(H,29,36). The maximum Gasteiger partial charge on any atom is 0.332 e. The first kappa shape index (κ1) is 22.7. The Morgan fingerprint density at radius 2 is 1.69 bits per heavy atom. The lowest BCUT2D eigenvalue weighted by Gasteiger charge is -2.08. The minimum atomic E-state index is -0.851. The molecule has 0 unspecified atom stereocenters. The number of carbonyl (C=O) groups is 1. The largest absolute Gasteiger partial charge is 0.507 e. The Kier molecular flexibility index (Phi) is 5.83. The van der Waals surface area contributed by atoms with Crippen molar-refractivity contribution in [3.63, 3.8) is 0 Å². The van der Waals surface area contributed by atoms with E-state index < -0.39 is 11.6 Å². The highest BCUT2D eigenvalue weighted by Gasteiger charge is 2.21. The number of para-hydroxylation sites is 1. The molecule has 0 aliphatic heterocycles. The highest BCUT2D eigenvalue weighted by molar-refractivity contribution is 6.02. The summed E-state index contributed by atoms with van der Waals surface area (Å²) in [6.45, 7) is 2.07. The number of H-pyrrole nitrogens is 1. The van der Waals surface area contributed by atoms with Crippen LogP contribution in [0.1, 0.15) is 23.0 Å². The van der Waals surface area contributed by atoms with Gasteiger partial charge in [-0.3, -0.25) is 4.79 Å². The van der Waals surface area contributed by atoms with E-state index in [1.165, 1.54) is 16.2 Å². The van der Waals surface area contributed by atoms with Crippen molar-refractivity contribution in [3.05, 3.63) is 94.5 Å². The summed E-state index contributed by atoms with van der Waals surface area (Å²) in [7, 11) is 0. The van der Waals surface area contributed by atoms with Gasteiger partial charge < -0.3 is 15.8 Å². The van der Waals surface area contributed by atoms with Gasteiger partial charge in [-0.05, 0) is 54.4 Å². The van der Waals surface area contributed by atoms with E-state index in [1.54, 1.807) is 36.4 Å². The number of azo groups is 1. The fourth-order valence-corrected chi connectivity index (χ4v) is 3.78. The number of phenols is 1. The lowest BCUT2D eigenvalue weighted by Crippen LogP contribution is -2.15. The third-order valence-electron chi connectivity index (χ3n) is 5.63. The van der Waals surface area contributed by atoms with Gasteiger partial charge in [-0.15, -0.1) is 0 Å². The number of aromatic amines is 1. The number of aryl methyl sites for hydroxylation is 1. The SMILES string of the molecule is CCc1ccc(N=Nc2ccc(O)c(-c3nc(C(N)=O)c4[nH]c(=O)n(-c5ccccc5)c4n3)c2)cc1. The molecule has 5 rings (SSSR count). The van der Waals surface area contributed by atoms with Gasteiger partial charge in [0.05, 0.1) is 22.6 Å². The molecular weight excluding hydrogens is 458 g/mol. The summed E-state index contributed by atoms with van der Waals surface area (Å²) < 4.78 is 1.31. The second-order valence-electron chi connectivity index (χ2n) is 7.98. The van der Waals surface area contributed by atoms with Crippen LogP contribution in [-0.2, 0) is 6.42 Å². The maximum atomic E-state index is 12.8. The Balaban J connectivity index is 1.63. The van der Waals surface area contributed by atoms with E-state index in [2.05, 4.69) is 32.1 Å². The van der Waals surface area contributed by atoms with Gasteiger partial charge in [-0.25, -0.2) is 19.3 Å². The third kappa shape index (κ3) is 4.23. The Bertz CT molecular complexity index is 1670. The number of nitrogens with zero attached hydrogens (tertiary/aromatic N) is 5. The zero-order chi connectivity index (χ0) is 25.2. The lowest BCUT2D eigenvalue weighted by molar-refractivity contribution is 0.0997. The summed E-state index contributed by atoms with van der Waals surface area (Å²) in [5.74, 6) is -0.988. The molecule has 3 aromatic carbocycles. The smallest absolute Gasteiger partial charge is 0.332 e. The van der Waals surface area contributed by atoms with Crippen molar-refractivity contribution in [1.82, 2.24) is 19.5 Å². The van der Waals surface area contributed by atoms with Crippen LogP contribution in [0.15, 0.2) is 87.8 Å². The van der Waals surface area contributed by atoms with Crippen LogP contribution < -0.4 is 11.4 Å². The number of nitrogens with one attached hydrogen (secondary N) is 1. The zero-order valence-corrected chi connectivity index (χ0v) is 19.2. The van der Waals surface area contributed by atoms with E-state index in [1.807, 2.05) is 30.3 Å². The topological polar surface area (TPSA) is 152 Å². The molecule has 10 nitrogen and oxygen atoms in total. The van der Waals surface area contributed by atoms with Crippen molar-refractivity contribution in [2.75, 3.05) is 0 Å². The van der Waals surface area contributed by atoms with Gasteiger partial charge in [0, 0.05) is 0 Å². The summed E-state index contributed by atoms with van der Waals surface area (Å²) in [5, 5.41) is 19.1. The van der Waals surface area contributed by atoms with Gasteiger partial charge in [0.2, 0.25) is 0 Å². The number of imidazole rings is 1. The van der Waals surface area contributed by atoms with E-state index >= 15 is 0 Å². The number of benzene rings is 3. The number of primary amides is 1. The minimum Gasteiger partial charge on any atom is -0.507 e. The van der Waals surface area contributed by atoms with Crippen LogP contribution in [0.5, 0.6) is 5.75 Å². The molecule has 0 aliphatic carbocycles. The first-order valence-electron chi connectivity index (χ1n) is 11.2. The van der Waals surface area contributed by atoms with Crippen LogP contribution in [0.3, 0.4) is 0 Å². The first-order chi connectivity index (χ1) is 17.4. The number of aromatic nitrogens is 4. The van der Waals surface area contributed by atoms with Crippen molar-refractivity contribution >= 4 is 28.4 Å². The molecule has 36 heavy (non-hydrogen) atoms. The Morgan fingerprint density at radius 3 is 2.39 bits per heavy atom. The van der Waals surface area contributed by atoms with Gasteiger partial charge in [-0.2, -0.15) is 10.2 Å². The fraction of sp³-hybridized carbons (Fsp3) is 0.0769. The molecule has 0 radical (unpaired) electrons.